The van der Waals surface area contributed by atoms with Crippen molar-refractivity contribution in [3.63, 3.8) is 0 Å². The summed E-state index contributed by atoms with van der Waals surface area (Å²) in [5.41, 5.74) is 2.89. The second-order valence-corrected chi connectivity index (χ2v) is 8.75. The summed E-state index contributed by atoms with van der Waals surface area (Å²) in [6.45, 7) is 8.00. The van der Waals surface area contributed by atoms with Gasteiger partial charge in [0, 0.05) is 54.8 Å². The minimum absolute atomic E-state index is 0.200. The third kappa shape index (κ3) is 4.07. The van der Waals surface area contributed by atoms with Gasteiger partial charge in [0.05, 0.1) is 23.1 Å². The highest BCUT2D eigenvalue weighted by atomic mass is 35.5. The summed E-state index contributed by atoms with van der Waals surface area (Å²) >= 11 is 8.44. The summed E-state index contributed by atoms with van der Waals surface area (Å²) in [7, 11) is 0. The van der Waals surface area contributed by atoms with Crippen molar-refractivity contribution in [2.75, 3.05) is 18.8 Å². The predicted octanol–water partition coefficient (Wildman–Crippen LogP) is 4.95. The molecule has 0 saturated carbocycles. The standard InChI is InChI=1S/C21H26ClN5S/c1-4-6-10-24-20-17(7-11-25-20)16(3)18-12-26(13-19(18)22)21(8-9-23)14-27(15-21)28-5-2/h6-7,10-13H,4-5,8,14-15H2,1-3H3,(H,24,25)/b10-6?,17-16+. The van der Waals surface area contributed by atoms with Gasteiger partial charge in [0.1, 0.15) is 5.84 Å². The van der Waals surface area contributed by atoms with Crippen molar-refractivity contribution < 1.29 is 0 Å². The molecule has 3 rings (SSSR count). The third-order valence-corrected chi connectivity index (χ3v) is 6.25. The molecule has 0 aliphatic carbocycles. The van der Waals surface area contributed by atoms with Crippen molar-refractivity contribution in [3.05, 3.63) is 53.1 Å². The van der Waals surface area contributed by atoms with Gasteiger partial charge in [-0.1, -0.05) is 43.5 Å². The number of aliphatic imine (C=N–C) groups is 1. The van der Waals surface area contributed by atoms with E-state index in [1.807, 2.05) is 42.7 Å². The zero-order valence-electron chi connectivity index (χ0n) is 16.6. The molecule has 148 valence electrons. The van der Waals surface area contributed by atoms with Crippen molar-refractivity contribution in [1.29, 1.82) is 5.26 Å². The minimum Gasteiger partial charge on any atom is -0.346 e. The Kier molecular flexibility index (Phi) is 6.71. The van der Waals surface area contributed by atoms with Gasteiger partial charge in [-0.3, -0.25) is 0 Å². The number of allylic oxidation sites excluding steroid dienone is 2. The number of hydrogen-bond acceptors (Lipinski definition) is 4. The average molecular weight is 416 g/mol. The van der Waals surface area contributed by atoms with Gasteiger partial charge in [-0.25, -0.2) is 9.30 Å². The molecule has 2 aliphatic rings. The van der Waals surface area contributed by atoms with Crippen molar-refractivity contribution in [2.45, 2.75) is 39.2 Å². The molecule has 3 heterocycles. The quantitative estimate of drug-likeness (QED) is 0.640. The molecule has 5 nitrogen and oxygen atoms in total. The van der Waals surface area contributed by atoms with E-state index in [1.54, 1.807) is 0 Å². The average Bonchev–Trinajstić information content (AvgIpc) is 3.26. The first kappa shape index (κ1) is 20.8. The molecule has 1 fully saturated rings. The Morgan fingerprint density at radius 1 is 1.43 bits per heavy atom. The number of rotatable bonds is 7. The second-order valence-electron chi connectivity index (χ2n) is 6.99. The summed E-state index contributed by atoms with van der Waals surface area (Å²) in [5.74, 6) is 1.87. The summed E-state index contributed by atoms with van der Waals surface area (Å²) in [5, 5.41) is 13.3. The molecule has 0 bridgehead atoms. The maximum absolute atomic E-state index is 9.37. The lowest BCUT2D eigenvalue weighted by atomic mass is 9.89. The van der Waals surface area contributed by atoms with E-state index in [0.717, 1.165) is 47.8 Å². The van der Waals surface area contributed by atoms with Crippen LogP contribution in [0.25, 0.3) is 5.57 Å². The Balaban J connectivity index is 1.91. The van der Waals surface area contributed by atoms with Gasteiger partial charge < -0.3 is 9.88 Å². The number of halogens is 1. The number of aromatic nitrogens is 1. The fraction of sp³-hybridized carbons (Fsp3) is 0.429. The van der Waals surface area contributed by atoms with Crippen LogP contribution in [-0.4, -0.2) is 33.6 Å². The molecule has 0 spiro atoms. The summed E-state index contributed by atoms with van der Waals surface area (Å²) in [4.78, 5) is 4.52. The van der Waals surface area contributed by atoms with Gasteiger partial charge in [0.2, 0.25) is 0 Å². The molecule has 7 heteroatoms. The zero-order chi connectivity index (χ0) is 20.1. The molecular formula is C21H26ClN5S. The minimum atomic E-state index is -0.200. The summed E-state index contributed by atoms with van der Waals surface area (Å²) < 4.78 is 4.45. The molecule has 2 aliphatic heterocycles. The van der Waals surface area contributed by atoms with Gasteiger partial charge in [-0.05, 0) is 25.0 Å². The Morgan fingerprint density at radius 2 is 2.21 bits per heavy atom. The number of amidine groups is 1. The van der Waals surface area contributed by atoms with Crippen LogP contribution in [0.1, 0.15) is 39.2 Å². The maximum Gasteiger partial charge on any atom is 0.137 e. The molecule has 28 heavy (non-hydrogen) atoms. The smallest absolute Gasteiger partial charge is 0.137 e. The number of nitrogens with one attached hydrogen (secondary N) is 1. The van der Waals surface area contributed by atoms with Gasteiger partial charge in [0.25, 0.3) is 0 Å². The lowest BCUT2D eigenvalue weighted by Crippen LogP contribution is -2.59. The highest BCUT2D eigenvalue weighted by molar-refractivity contribution is 7.97. The Morgan fingerprint density at radius 3 is 2.89 bits per heavy atom. The van der Waals surface area contributed by atoms with Crippen LogP contribution < -0.4 is 5.32 Å². The molecule has 0 unspecified atom stereocenters. The van der Waals surface area contributed by atoms with Crippen LogP contribution in [0.2, 0.25) is 5.02 Å². The molecule has 0 amide bonds. The van der Waals surface area contributed by atoms with E-state index in [1.165, 1.54) is 0 Å². The van der Waals surface area contributed by atoms with Crippen molar-refractivity contribution in [3.8, 4) is 6.07 Å². The van der Waals surface area contributed by atoms with Crippen LogP contribution in [-0.2, 0) is 5.54 Å². The lowest BCUT2D eigenvalue weighted by molar-refractivity contribution is 0.0952. The van der Waals surface area contributed by atoms with Crippen LogP contribution in [0.15, 0.2) is 47.5 Å². The first-order chi connectivity index (χ1) is 13.5. The molecule has 0 radical (unpaired) electrons. The monoisotopic (exact) mass is 415 g/mol. The van der Waals surface area contributed by atoms with Crippen molar-refractivity contribution >= 4 is 35.0 Å². The lowest BCUT2D eigenvalue weighted by Gasteiger charge is -2.49. The summed E-state index contributed by atoms with van der Waals surface area (Å²) in [6, 6.07) is 2.36. The van der Waals surface area contributed by atoms with E-state index < -0.39 is 0 Å². The fourth-order valence-corrected chi connectivity index (χ4v) is 4.85. The van der Waals surface area contributed by atoms with E-state index in [2.05, 4.69) is 52.2 Å². The second kappa shape index (κ2) is 9.04. The summed E-state index contributed by atoms with van der Waals surface area (Å²) in [6.07, 6.45) is 13.2. The molecule has 1 aromatic rings. The van der Waals surface area contributed by atoms with Gasteiger partial charge in [-0.2, -0.15) is 5.26 Å². The van der Waals surface area contributed by atoms with E-state index in [9.17, 15) is 5.26 Å². The van der Waals surface area contributed by atoms with Gasteiger partial charge in [0.15, 0.2) is 0 Å². The van der Waals surface area contributed by atoms with Crippen LogP contribution in [0.5, 0.6) is 0 Å². The zero-order valence-corrected chi connectivity index (χ0v) is 18.1. The van der Waals surface area contributed by atoms with Crippen LogP contribution in [0, 0.1) is 11.3 Å². The van der Waals surface area contributed by atoms with Crippen LogP contribution in [0.4, 0.5) is 0 Å². The maximum atomic E-state index is 9.37. The van der Waals surface area contributed by atoms with Gasteiger partial charge in [-0.15, -0.1) is 0 Å². The highest BCUT2D eigenvalue weighted by Gasteiger charge is 2.44. The van der Waals surface area contributed by atoms with Crippen LogP contribution in [0.3, 0.4) is 0 Å². The topological polar surface area (TPSA) is 56.4 Å². The first-order valence-electron chi connectivity index (χ1n) is 9.55. The molecular weight excluding hydrogens is 390 g/mol. The third-order valence-electron chi connectivity index (χ3n) is 5.06. The van der Waals surface area contributed by atoms with Crippen molar-refractivity contribution in [2.24, 2.45) is 4.99 Å². The van der Waals surface area contributed by atoms with E-state index >= 15 is 0 Å². The Labute approximate surface area is 176 Å². The largest absolute Gasteiger partial charge is 0.346 e. The van der Waals surface area contributed by atoms with E-state index in [0.29, 0.717) is 11.4 Å². The normalized spacial score (nSPS) is 21.8. The van der Waals surface area contributed by atoms with Crippen LogP contribution >= 0.6 is 23.5 Å². The van der Waals surface area contributed by atoms with E-state index in [4.69, 9.17) is 11.6 Å². The molecule has 0 atom stereocenters. The Hall–Kier alpha value is -1.94. The molecule has 0 aromatic carbocycles. The van der Waals surface area contributed by atoms with Gasteiger partial charge >= 0.3 is 0 Å². The molecule has 1 saturated heterocycles. The number of hydrogen-bond donors (Lipinski definition) is 1. The predicted molar refractivity (Wildman–Crippen MR) is 119 cm³/mol. The van der Waals surface area contributed by atoms with E-state index in [-0.39, 0.29) is 5.54 Å². The fourth-order valence-electron chi connectivity index (χ4n) is 3.52. The highest BCUT2D eigenvalue weighted by Crippen LogP contribution is 2.39. The molecule has 1 aromatic heterocycles. The molecule has 1 N–H and O–H groups in total. The number of nitriles is 1. The Bertz CT molecular complexity index is 881. The number of nitrogens with zero attached hydrogens (tertiary/aromatic N) is 4. The first-order valence-corrected chi connectivity index (χ1v) is 10.9. The SMILES string of the molecule is CCC=CN=C1NC=C/C1=C(/C)c1cn(C2(CC#N)CN(SCC)C2)cc1Cl. The van der Waals surface area contributed by atoms with Crippen molar-refractivity contribution in [1.82, 2.24) is 14.2 Å².